The van der Waals surface area contributed by atoms with Crippen molar-refractivity contribution in [2.75, 3.05) is 12.3 Å². The molecule has 12 heteroatoms. The average molecular weight is 359 g/mol. The van der Waals surface area contributed by atoms with E-state index in [2.05, 4.69) is 19.5 Å². The third-order valence-electron chi connectivity index (χ3n) is 4.38. The van der Waals surface area contributed by atoms with Crippen molar-refractivity contribution in [3.8, 4) is 0 Å². The highest BCUT2D eigenvalue weighted by Gasteiger charge is 2.51. The van der Waals surface area contributed by atoms with Crippen LogP contribution in [0.5, 0.6) is 0 Å². The lowest BCUT2D eigenvalue weighted by atomic mass is 9.94. The first-order valence-electron chi connectivity index (χ1n) is 7.13. The van der Waals surface area contributed by atoms with Crippen LogP contribution in [0.4, 0.5) is 5.82 Å². The van der Waals surface area contributed by atoms with Gasteiger partial charge in [0.2, 0.25) is 0 Å². The molecule has 0 spiro atoms. The number of nitrogens with two attached hydrogens (primary N) is 1. The summed E-state index contributed by atoms with van der Waals surface area (Å²) < 4.78 is 22.8. The van der Waals surface area contributed by atoms with Gasteiger partial charge in [0.05, 0.1) is 19.0 Å². The number of hydrogen-bond donors (Lipinski definition) is 4. The molecule has 4 atom stereocenters. The second-order valence-corrected chi connectivity index (χ2v) is 7.06. The van der Waals surface area contributed by atoms with E-state index in [9.17, 15) is 9.67 Å². The summed E-state index contributed by atoms with van der Waals surface area (Å²) in [4.78, 5) is 29.8. The third-order valence-corrected chi connectivity index (χ3v) is 4.86. The lowest BCUT2D eigenvalue weighted by molar-refractivity contribution is -0.112. The van der Waals surface area contributed by atoms with Gasteiger partial charge in [0.25, 0.3) is 0 Å². The SMILES string of the molecule is C[C@@H]1[C@H](O)[C@@H](COP(=O)(O)O)O[C@@]1(C)n1cnc2c(N)ncnc21. The summed E-state index contributed by atoms with van der Waals surface area (Å²) in [6.45, 7) is 3.02. The van der Waals surface area contributed by atoms with Gasteiger partial charge in [-0.1, -0.05) is 6.92 Å². The van der Waals surface area contributed by atoms with Crippen LogP contribution in [-0.4, -0.2) is 53.2 Å². The number of fused-ring (bicyclic) bond motifs is 1. The molecule has 132 valence electrons. The zero-order chi connectivity index (χ0) is 17.7. The van der Waals surface area contributed by atoms with Crippen LogP contribution in [0.1, 0.15) is 13.8 Å². The van der Waals surface area contributed by atoms with E-state index in [-0.39, 0.29) is 5.82 Å². The van der Waals surface area contributed by atoms with Crippen LogP contribution in [0.3, 0.4) is 0 Å². The predicted molar refractivity (Wildman–Crippen MR) is 81.4 cm³/mol. The van der Waals surface area contributed by atoms with E-state index in [0.717, 1.165) is 0 Å². The van der Waals surface area contributed by atoms with E-state index in [1.54, 1.807) is 18.4 Å². The summed E-state index contributed by atoms with van der Waals surface area (Å²) in [6.07, 6.45) is 0.849. The summed E-state index contributed by atoms with van der Waals surface area (Å²) in [6, 6.07) is 0. The molecule has 0 bridgehead atoms. The van der Waals surface area contributed by atoms with E-state index in [1.165, 1.54) is 12.7 Å². The Bertz CT molecular complexity index is 808. The van der Waals surface area contributed by atoms with E-state index in [4.69, 9.17) is 20.3 Å². The van der Waals surface area contributed by atoms with Gasteiger partial charge in [-0.3, -0.25) is 9.09 Å². The number of nitrogen functional groups attached to an aromatic ring is 1. The molecule has 2 aromatic heterocycles. The van der Waals surface area contributed by atoms with Crippen LogP contribution in [0, 0.1) is 5.92 Å². The van der Waals surface area contributed by atoms with Gasteiger partial charge in [0.1, 0.15) is 23.7 Å². The lowest BCUT2D eigenvalue weighted by Crippen LogP contribution is -2.36. The minimum Gasteiger partial charge on any atom is -0.390 e. The third kappa shape index (κ3) is 2.79. The molecule has 11 nitrogen and oxygen atoms in total. The second kappa shape index (κ2) is 5.73. The molecule has 2 aromatic rings. The molecule has 0 aliphatic carbocycles. The molecule has 3 heterocycles. The van der Waals surface area contributed by atoms with Crippen LogP contribution in [0.2, 0.25) is 0 Å². The minimum absolute atomic E-state index is 0.218. The summed E-state index contributed by atoms with van der Waals surface area (Å²) in [7, 11) is -4.66. The molecule has 0 amide bonds. The van der Waals surface area contributed by atoms with Crippen molar-refractivity contribution in [1.82, 2.24) is 19.5 Å². The quantitative estimate of drug-likeness (QED) is 0.527. The van der Waals surface area contributed by atoms with E-state index in [1.807, 2.05) is 0 Å². The number of ether oxygens (including phenoxy) is 1. The molecule has 0 radical (unpaired) electrons. The van der Waals surface area contributed by atoms with Crippen molar-refractivity contribution in [1.29, 1.82) is 0 Å². The molecular formula is C12H18N5O6P. The van der Waals surface area contributed by atoms with Crippen molar-refractivity contribution in [2.24, 2.45) is 5.92 Å². The van der Waals surface area contributed by atoms with Crippen LogP contribution >= 0.6 is 7.82 Å². The van der Waals surface area contributed by atoms with Crippen LogP contribution in [-0.2, 0) is 19.6 Å². The van der Waals surface area contributed by atoms with Gasteiger partial charge in [0, 0.05) is 5.92 Å². The van der Waals surface area contributed by atoms with Gasteiger partial charge >= 0.3 is 7.82 Å². The van der Waals surface area contributed by atoms with Crippen molar-refractivity contribution >= 4 is 24.8 Å². The molecule has 1 saturated heterocycles. The number of aliphatic hydroxyl groups is 1. The Balaban J connectivity index is 1.94. The molecule has 24 heavy (non-hydrogen) atoms. The molecule has 1 aliphatic rings. The molecule has 0 unspecified atom stereocenters. The summed E-state index contributed by atoms with van der Waals surface area (Å²) >= 11 is 0. The molecule has 5 N–H and O–H groups in total. The van der Waals surface area contributed by atoms with Gasteiger partial charge in [-0.2, -0.15) is 0 Å². The van der Waals surface area contributed by atoms with Crippen molar-refractivity contribution in [3.63, 3.8) is 0 Å². The van der Waals surface area contributed by atoms with Crippen LogP contribution in [0.15, 0.2) is 12.7 Å². The molecule has 3 rings (SSSR count). The Morgan fingerprint density at radius 2 is 2.17 bits per heavy atom. The molecular weight excluding hydrogens is 341 g/mol. The Kier molecular flexibility index (Phi) is 4.11. The normalized spacial score (nSPS) is 31.0. The van der Waals surface area contributed by atoms with Crippen LogP contribution in [0.25, 0.3) is 11.2 Å². The van der Waals surface area contributed by atoms with Crippen molar-refractivity contribution < 1.29 is 28.7 Å². The van der Waals surface area contributed by atoms with E-state index >= 15 is 0 Å². The number of hydrogen-bond acceptors (Lipinski definition) is 8. The highest BCUT2D eigenvalue weighted by atomic mass is 31.2. The highest BCUT2D eigenvalue weighted by molar-refractivity contribution is 7.46. The number of phosphoric ester groups is 1. The zero-order valence-corrected chi connectivity index (χ0v) is 13.9. The number of aromatic nitrogens is 4. The van der Waals surface area contributed by atoms with Gasteiger partial charge in [0.15, 0.2) is 11.5 Å². The second-order valence-electron chi connectivity index (χ2n) is 5.82. The Labute approximate surface area is 136 Å². The number of imidazole rings is 1. The lowest BCUT2D eigenvalue weighted by Gasteiger charge is -2.30. The Morgan fingerprint density at radius 3 is 2.83 bits per heavy atom. The number of phosphoric acid groups is 1. The monoisotopic (exact) mass is 359 g/mol. The smallest absolute Gasteiger partial charge is 0.390 e. The van der Waals surface area contributed by atoms with Crippen molar-refractivity contribution in [3.05, 3.63) is 12.7 Å². The van der Waals surface area contributed by atoms with Gasteiger partial charge in [-0.05, 0) is 6.92 Å². The maximum Gasteiger partial charge on any atom is 0.469 e. The molecule has 0 aromatic carbocycles. The van der Waals surface area contributed by atoms with E-state index < -0.39 is 38.3 Å². The Morgan fingerprint density at radius 1 is 1.46 bits per heavy atom. The van der Waals surface area contributed by atoms with E-state index in [0.29, 0.717) is 11.2 Å². The molecule has 1 aliphatic heterocycles. The number of anilines is 1. The first-order chi connectivity index (χ1) is 11.1. The zero-order valence-electron chi connectivity index (χ0n) is 13.0. The fourth-order valence-electron chi connectivity index (χ4n) is 2.88. The highest BCUT2D eigenvalue weighted by Crippen LogP contribution is 2.43. The fourth-order valence-corrected chi connectivity index (χ4v) is 3.22. The predicted octanol–water partition coefficient (Wildman–Crippen LogP) is -0.414. The minimum atomic E-state index is -4.66. The molecule has 0 saturated carbocycles. The largest absolute Gasteiger partial charge is 0.469 e. The van der Waals surface area contributed by atoms with Gasteiger partial charge < -0.3 is 25.4 Å². The molecule has 1 fully saturated rings. The first-order valence-corrected chi connectivity index (χ1v) is 8.66. The Hall–Kier alpha value is -1.62. The summed E-state index contributed by atoms with van der Waals surface area (Å²) in [5.41, 5.74) is 5.55. The van der Waals surface area contributed by atoms with Gasteiger partial charge in [-0.25, -0.2) is 19.5 Å². The fraction of sp³-hybridized carbons (Fsp3) is 0.583. The number of nitrogens with zero attached hydrogens (tertiary/aromatic N) is 4. The topological polar surface area (TPSA) is 166 Å². The standard InChI is InChI=1S/C12H18N5O6P/c1-6-9(18)7(3-22-24(19,20)21)23-12(6,2)17-5-16-8-10(13)14-4-15-11(8)17/h4-7,9,18H,3H2,1-2H3,(H2,13,14,15)(H2,19,20,21)/t6-,7-,9+,12-/m1/s1. The summed E-state index contributed by atoms with van der Waals surface area (Å²) in [5.74, 6) is -0.216. The average Bonchev–Trinajstić information content (AvgIpc) is 3.02. The number of aliphatic hydroxyl groups excluding tert-OH is 1. The maximum atomic E-state index is 10.9. The van der Waals surface area contributed by atoms with Crippen molar-refractivity contribution in [2.45, 2.75) is 31.8 Å². The first kappa shape index (κ1) is 17.2. The maximum absolute atomic E-state index is 10.9. The number of rotatable bonds is 4. The van der Waals surface area contributed by atoms with Crippen LogP contribution < -0.4 is 5.73 Å². The summed E-state index contributed by atoms with van der Waals surface area (Å²) in [5, 5.41) is 10.4. The van der Waals surface area contributed by atoms with Gasteiger partial charge in [-0.15, -0.1) is 0 Å².